The first-order valence-electron chi connectivity index (χ1n) is 10.7. The van der Waals surface area contributed by atoms with Crippen LogP contribution in [0.3, 0.4) is 0 Å². The van der Waals surface area contributed by atoms with Gasteiger partial charge in [-0.25, -0.2) is 4.79 Å². The molecule has 10 heteroatoms. The van der Waals surface area contributed by atoms with Crippen LogP contribution in [0.5, 0.6) is 0 Å². The Hall–Kier alpha value is -2.49. The fraction of sp³-hybridized carbons (Fsp3) is 0.375. The third kappa shape index (κ3) is 6.34. The standard InChI is InChI=1S/C24H26BClF3NO4/c1-22(2)23(3,4)34-25(33-22)18(12-17-10-11-19(20(26)13-17)24(27,28)29)14-30-21(31)32-15-16-8-6-5-7-9-16/h5-13H,14-15H2,1-4H3,(H,30,31). The van der Waals surface area contributed by atoms with E-state index in [0.717, 1.165) is 11.6 Å². The van der Waals surface area contributed by atoms with Crippen molar-refractivity contribution >= 4 is 30.9 Å². The first-order chi connectivity index (χ1) is 15.8. The topological polar surface area (TPSA) is 56.8 Å². The Kier molecular flexibility index (Phi) is 7.70. The number of rotatable bonds is 6. The normalized spacial score (nSPS) is 17.5. The number of carbonyl (C=O) groups excluding carboxylic acids is 1. The zero-order valence-corrected chi connectivity index (χ0v) is 20.1. The molecule has 2 aromatic carbocycles. The summed E-state index contributed by atoms with van der Waals surface area (Å²) < 4.78 is 56.6. The Morgan fingerprint density at radius 2 is 1.71 bits per heavy atom. The van der Waals surface area contributed by atoms with Crippen molar-refractivity contribution in [1.82, 2.24) is 5.32 Å². The molecule has 3 rings (SSSR count). The molecule has 0 aromatic heterocycles. The second kappa shape index (κ2) is 10.0. The van der Waals surface area contributed by atoms with Crippen LogP contribution in [0.2, 0.25) is 5.02 Å². The molecule has 2 aromatic rings. The largest absolute Gasteiger partial charge is 0.492 e. The van der Waals surface area contributed by atoms with Gasteiger partial charge in [-0.1, -0.05) is 54.1 Å². The van der Waals surface area contributed by atoms with E-state index in [4.69, 9.17) is 25.6 Å². The van der Waals surface area contributed by atoms with E-state index in [9.17, 15) is 18.0 Å². The Morgan fingerprint density at radius 3 is 2.26 bits per heavy atom. The van der Waals surface area contributed by atoms with Crippen LogP contribution in [0.1, 0.15) is 44.4 Å². The Bertz CT molecular complexity index is 1040. The number of benzene rings is 2. The summed E-state index contributed by atoms with van der Waals surface area (Å²) in [5.41, 5.74) is -0.497. The van der Waals surface area contributed by atoms with Crippen LogP contribution in [-0.2, 0) is 26.8 Å². The number of alkyl carbamates (subject to hydrolysis) is 1. The van der Waals surface area contributed by atoms with Gasteiger partial charge in [0.2, 0.25) is 0 Å². The fourth-order valence-corrected chi connectivity index (χ4v) is 3.51. The summed E-state index contributed by atoms with van der Waals surface area (Å²) in [6.45, 7) is 7.59. The molecule has 0 atom stereocenters. The number of hydrogen-bond donors (Lipinski definition) is 1. The molecular weight excluding hydrogens is 470 g/mol. The molecule has 0 saturated carbocycles. The molecule has 1 amide bonds. The van der Waals surface area contributed by atoms with Gasteiger partial charge in [-0.05, 0) is 56.4 Å². The van der Waals surface area contributed by atoms with Crippen LogP contribution >= 0.6 is 11.6 Å². The van der Waals surface area contributed by atoms with E-state index in [0.29, 0.717) is 11.0 Å². The molecule has 1 N–H and O–H groups in total. The van der Waals surface area contributed by atoms with Crippen molar-refractivity contribution in [2.45, 2.75) is 51.7 Å². The molecule has 1 saturated heterocycles. The van der Waals surface area contributed by atoms with Gasteiger partial charge < -0.3 is 19.4 Å². The monoisotopic (exact) mass is 495 g/mol. The van der Waals surface area contributed by atoms with Gasteiger partial charge in [0, 0.05) is 6.54 Å². The number of hydrogen-bond acceptors (Lipinski definition) is 4. The van der Waals surface area contributed by atoms with E-state index in [2.05, 4.69) is 5.32 Å². The molecular formula is C24H26BClF3NO4. The van der Waals surface area contributed by atoms with Gasteiger partial charge in [0.25, 0.3) is 0 Å². The van der Waals surface area contributed by atoms with E-state index in [1.54, 1.807) is 6.08 Å². The van der Waals surface area contributed by atoms with Gasteiger partial charge in [-0.15, -0.1) is 0 Å². The number of halogens is 4. The van der Waals surface area contributed by atoms with E-state index in [-0.39, 0.29) is 13.2 Å². The second-order valence-electron chi connectivity index (χ2n) is 8.96. The van der Waals surface area contributed by atoms with Gasteiger partial charge in [-0.2, -0.15) is 13.2 Å². The summed E-state index contributed by atoms with van der Waals surface area (Å²) in [5, 5.41) is 2.23. The molecule has 5 nitrogen and oxygen atoms in total. The number of carbonyl (C=O) groups is 1. The molecule has 1 aliphatic heterocycles. The number of amides is 1. The van der Waals surface area contributed by atoms with Gasteiger partial charge >= 0.3 is 19.4 Å². The summed E-state index contributed by atoms with van der Waals surface area (Å²) in [6.07, 6.45) is -3.62. The number of nitrogens with one attached hydrogen (secondary N) is 1. The predicted molar refractivity (Wildman–Crippen MR) is 125 cm³/mol. The fourth-order valence-electron chi connectivity index (χ4n) is 3.21. The van der Waals surface area contributed by atoms with E-state index < -0.39 is 41.2 Å². The lowest BCUT2D eigenvalue weighted by Gasteiger charge is -2.32. The van der Waals surface area contributed by atoms with E-state index in [1.807, 2.05) is 58.0 Å². The number of ether oxygens (including phenoxy) is 1. The lowest BCUT2D eigenvalue weighted by Crippen LogP contribution is -2.41. The van der Waals surface area contributed by atoms with Crippen molar-refractivity contribution < 1.29 is 32.0 Å². The minimum Gasteiger partial charge on any atom is -0.445 e. The highest BCUT2D eigenvalue weighted by Gasteiger charge is 2.52. The molecule has 0 unspecified atom stereocenters. The van der Waals surface area contributed by atoms with Crippen LogP contribution in [-0.4, -0.2) is 31.0 Å². The maximum atomic E-state index is 13.1. The van der Waals surface area contributed by atoms with Crippen LogP contribution in [0.4, 0.5) is 18.0 Å². The van der Waals surface area contributed by atoms with Gasteiger partial charge in [0.1, 0.15) is 6.61 Å². The van der Waals surface area contributed by atoms with Crippen molar-refractivity contribution in [1.29, 1.82) is 0 Å². The first-order valence-corrected chi connectivity index (χ1v) is 11.0. The Labute approximate surface area is 202 Å². The summed E-state index contributed by atoms with van der Waals surface area (Å²) in [6, 6.07) is 12.6. The van der Waals surface area contributed by atoms with E-state index >= 15 is 0 Å². The third-order valence-corrected chi connectivity index (χ3v) is 6.17. The first kappa shape index (κ1) is 26.1. The van der Waals surface area contributed by atoms with Crippen molar-refractivity contribution in [2.24, 2.45) is 0 Å². The van der Waals surface area contributed by atoms with Crippen LogP contribution < -0.4 is 5.32 Å². The summed E-state index contributed by atoms with van der Waals surface area (Å²) >= 11 is 5.87. The molecule has 1 aliphatic rings. The van der Waals surface area contributed by atoms with Gasteiger partial charge in [0.15, 0.2) is 0 Å². The number of alkyl halides is 3. The van der Waals surface area contributed by atoms with Crippen LogP contribution in [0.25, 0.3) is 6.08 Å². The Morgan fingerprint density at radius 1 is 1.09 bits per heavy atom. The van der Waals surface area contributed by atoms with E-state index in [1.165, 1.54) is 12.1 Å². The molecule has 0 aliphatic carbocycles. The second-order valence-corrected chi connectivity index (χ2v) is 9.37. The summed E-state index contributed by atoms with van der Waals surface area (Å²) in [7, 11) is -0.833. The summed E-state index contributed by atoms with van der Waals surface area (Å²) in [5.74, 6) is 0. The minimum absolute atomic E-state index is 0.0108. The highest BCUT2D eigenvalue weighted by Crippen LogP contribution is 2.39. The SMILES string of the molecule is CC1(C)OB(C(=Cc2ccc(C(F)(F)F)c(Cl)c2)CNC(=O)OCc2ccccc2)OC1(C)C. The minimum atomic E-state index is -4.56. The lowest BCUT2D eigenvalue weighted by molar-refractivity contribution is -0.137. The van der Waals surface area contributed by atoms with Gasteiger partial charge in [0.05, 0.1) is 21.8 Å². The van der Waals surface area contributed by atoms with Gasteiger partial charge in [-0.3, -0.25) is 0 Å². The highest BCUT2D eigenvalue weighted by molar-refractivity contribution is 6.56. The zero-order chi connectivity index (χ0) is 25.1. The van der Waals surface area contributed by atoms with Crippen molar-refractivity contribution in [3.8, 4) is 0 Å². The zero-order valence-electron chi connectivity index (χ0n) is 19.3. The van der Waals surface area contributed by atoms with Crippen LogP contribution in [0, 0.1) is 0 Å². The quantitative estimate of drug-likeness (QED) is 0.478. The van der Waals surface area contributed by atoms with Crippen molar-refractivity contribution in [2.75, 3.05) is 6.54 Å². The maximum Gasteiger partial charge on any atom is 0.492 e. The molecule has 0 radical (unpaired) electrons. The predicted octanol–water partition coefficient (Wildman–Crippen LogP) is 6.30. The highest BCUT2D eigenvalue weighted by atomic mass is 35.5. The van der Waals surface area contributed by atoms with Crippen LogP contribution in [0.15, 0.2) is 54.0 Å². The molecule has 34 heavy (non-hydrogen) atoms. The molecule has 0 spiro atoms. The smallest absolute Gasteiger partial charge is 0.445 e. The van der Waals surface area contributed by atoms with Crippen molar-refractivity contribution in [3.63, 3.8) is 0 Å². The molecule has 182 valence electrons. The molecule has 1 fully saturated rings. The molecule has 0 bridgehead atoms. The summed E-state index contributed by atoms with van der Waals surface area (Å²) in [4.78, 5) is 12.3. The molecule has 1 heterocycles. The average Bonchev–Trinajstić information content (AvgIpc) is 2.96. The van der Waals surface area contributed by atoms with Crippen molar-refractivity contribution in [3.05, 3.63) is 75.7 Å². The average molecular weight is 496 g/mol. The maximum absolute atomic E-state index is 13.1. The Balaban J connectivity index is 1.79. The third-order valence-electron chi connectivity index (χ3n) is 5.86. The lowest BCUT2D eigenvalue weighted by atomic mass is 9.77.